The molecular weight excluding hydrogens is 280 g/mol. The highest BCUT2D eigenvalue weighted by atomic mass is 79.9. The van der Waals surface area contributed by atoms with Crippen molar-refractivity contribution >= 4 is 24.2 Å². The van der Waals surface area contributed by atoms with E-state index >= 15 is 0 Å². The summed E-state index contributed by atoms with van der Waals surface area (Å²) in [5.41, 5.74) is 0. The van der Waals surface area contributed by atoms with Gasteiger partial charge in [-0.1, -0.05) is 42.8 Å². The second-order valence-electron chi connectivity index (χ2n) is 5.90. The Labute approximate surface area is 111 Å². The Kier molecular flexibility index (Phi) is 7.14. The van der Waals surface area contributed by atoms with Crippen LogP contribution in [0.25, 0.3) is 0 Å². The number of halogens is 1. The molecule has 1 nitrogen and oxygen atoms in total. The van der Waals surface area contributed by atoms with Gasteiger partial charge < -0.3 is 4.43 Å². The summed E-state index contributed by atoms with van der Waals surface area (Å²) >= 11 is 3.50. The summed E-state index contributed by atoms with van der Waals surface area (Å²) in [6, 6.07) is 0. The van der Waals surface area contributed by atoms with Crippen LogP contribution in [0, 0.1) is 5.92 Å². The molecule has 0 aliphatic rings. The minimum atomic E-state index is -1.53. The van der Waals surface area contributed by atoms with Gasteiger partial charge in [0.05, 0.1) is 0 Å². The third-order valence-electron chi connectivity index (χ3n) is 3.52. The molecule has 0 spiro atoms. The molecule has 0 fully saturated rings. The Morgan fingerprint density at radius 3 is 2.31 bits per heavy atom. The van der Waals surface area contributed by atoms with E-state index in [1.54, 1.807) is 0 Å². The summed E-state index contributed by atoms with van der Waals surface area (Å²) < 4.78 is 6.12. The predicted octanol–water partition coefficient (Wildman–Crippen LogP) is 4.99. The van der Waals surface area contributed by atoms with Gasteiger partial charge in [-0.2, -0.15) is 0 Å². The van der Waals surface area contributed by atoms with Crippen LogP contribution in [-0.2, 0) is 4.43 Å². The molecule has 0 aliphatic carbocycles. The van der Waals surface area contributed by atoms with E-state index in [2.05, 4.69) is 56.4 Å². The smallest absolute Gasteiger partial charge is 0.191 e. The minimum absolute atomic E-state index is 0.320. The van der Waals surface area contributed by atoms with Crippen LogP contribution in [0.4, 0.5) is 0 Å². The van der Waals surface area contributed by atoms with Crippen LogP contribution in [0.3, 0.4) is 0 Å². The molecular formula is C13H27BrOSi. The first kappa shape index (κ1) is 16.4. The highest BCUT2D eigenvalue weighted by Crippen LogP contribution is 2.36. The quantitative estimate of drug-likeness (QED) is 0.279. The van der Waals surface area contributed by atoms with E-state index in [4.69, 9.17) is 4.43 Å². The average molecular weight is 307 g/mol. The maximum atomic E-state index is 6.12. The maximum Gasteiger partial charge on any atom is 0.191 e. The third kappa shape index (κ3) is 5.64. The van der Waals surface area contributed by atoms with Crippen molar-refractivity contribution in [1.29, 1.82) is 0 Å². The Morgan fingerprint density at radius 1 is 1.38 bits per heavy atom. The molecule has 0 heterocycles. The van der Waals surface area contributed by atoms with Crippen molar-refractivity contribution in [1.82, 2.24) is 0 Å². The number of hydrogen-bond donors (Lipinski definition) is 0. The van der Waals surface area contributed by atoms with Crippen molar-refractivity contribution in [2.45, 2.75) is 51.7 Å². The molecule has 0 N–H and O–H groups in total. The predicted molar refractivity (Wildman–Crippen MR) is 79.9 cm³/mol. The summed E-state index contributed by atoms with van der Waals surface area (Å²) in [4.78, 5) is 0. The lowest BCUT2D eigenvalue weighted by atomic mass is 10.1. The lowest BCUT2D eigenvalue weighted by Crippen LogP contribution is -2.41. The van der Waals surface area contributed by atoms with E-state index in [0.717, 1.165) is 18.4 Å². The zero-order valence-corrected chi connectivity index (χ0v) is 14.1. The maximum absolute atomic E-state index is 6.12. The average Bonchev–Trinajstić information content (AvgIpc) is 2.16. The van der Waals surface area contributed by atoms with Crippen molar-refractivity contribution in [3.63, 3.8) is 0 Å². The fourth-order valence-electron chi connectivity index (χ4n) is 1.15. The molecule has 0 aliphatic heterocycles. The second-order valence-corrected chi connectivity index (χ2v) is 11.4. The number of hydrogen-bond acceptors (Lipinski definition) is 1. The van der Waals surface area contributed by atoms with E-state index in [-0.39, 0.29) is 0 Å². The molecule has 0 amide bonds. The summed E-state index contributed by atoms with van der Waals surface area (Å²) in [5.74, 6) is 0.586. The lowest BCUT2D eigenvalue weighted by Gasteiger charge is -2.36. The first-order chi connectivity index (χ1) is 7.24. The Hall–Kier alpha value is 0.397. The van der Waals surface area contributed by atoms with Crippen LogP contribution in [0.1, 0.15) is 33.6 Å². The van der Waals surface area contributed by atoms with Crippen molar-refractivity contribution in [2.24, 2.45) is 5.92 Å². The van der Waals surface area contributed by atoms with E-state index in [1.165, 1.54) is 6.42 Å². The van der Waals surface area contributed by atoms with Crippen LogP contribution < -0.4 is 0 Å². The molecule has 0 saturated carbocycles. The molecule has 1 unspecified atom stereocenters. The molecule has 0 saturated heterocycles. The van der Waals surface area contributed by atoms with Crippen LogP contribution in [0.2, 0.25) is 18.1 Å². The molecule has 0 bridgehead atoms. The molecule has 96 valence electrons. The Bertz CT molecular complexity index is 208. The number of alkyl halides is 1. The zero-order chi connectivity index (χ0) is 12.8. The van der Waals surface area contributed by atoms with Gasteiger partial charge in [0.2, 0.25) is 0 Å². The summed E-state index contributed by atoms with van der Waals surface area (Å²) in [6.07, 6.45) is 4.33. The highest BCUT2D eigenvalue weighted by Gasteiger charge is 2.36. The summed E-state index contributed by atoms with van der Waals surface area (Å²) in [7, 11) is -1.53. The van der Waals surface area contributed by atoms with Gasteiger partial charge in [0.25, 0.3) is 0 Å². The molecule has 16 heavy (non-hydrogen) atoms. The highest BCUT2D eigenvalue weighted by molar-refractivity contribution is 9.09. The molecule has 1 atom stereocenters. The standard InChI is InChI=1S/C13H27BrOSi/c1-7-12(11-14)9-8-10-15-16(5,6)13(2,3)4/h7,12H,1,8-11H2,2-6H3. The van der Waals surface area contributed by atoms with Crippen LogP contribution in [0.5, 0.6) is 0 Å². The first-order valence-corrected chi connectivity index (χ1v) is 10.1. The van der Waals surface area contributed by atoms with Crippen LogP contribution in [0.15, 0.2) is 12.7 Å². The van der Waals surface area contributed by atoms with E-state index in [1.807, 2.05) is 6.08 Å². The molecule has 0 rings (SSSR count). The topological polar surface area (TPSA) is 9.23 Å². The minimum Gasteiger partial charge on any atom is -0.417 e. The van der Waals surface area contributed by atoms with E-state index < -0.39 is 8.32 Å². The van der Waals surface area contributed by atoms with Gasteiger partial charge in [0.1, 0.15) is 0 Å². The molecule has 0 aromatic carbocycles. The van der Waals surface area contributed by atoms with Gasteiger partial charge in [-0.3, -0.25) is 0 Å². The van der Waals surface area contributed by atoms with Crippen LogP contribution in [-0.4, -0.2) is 20.3 Å². The number of rotatable bonds is 7. The summed E-state index contributed by atoms with van der Waals surface area (Å²) in [6.45, 7) is 16.2. The fourth-order valence-corrected chi connectivity index (χ4v) is 2.82. The van der Waals surface area contributed by atoms with Gasteiger partial charge in [0, 0.05) is 11.9 Å². The largest absolute Gasteiger partial charge is 0.417 e. The van der Waals surface area contributed by atoms with Crippen LogP contribution >= 0.6 is 15.9 Å². The van der Waals surface area contributed by atoms with Gasteiger partial charge in [-0.25, -0.2) is 0 Å². The molecule has 3 heteroatoms. The van der Waals surface area contributed by atoms with Gasteiger partial charge in [0.15, 0.2) is 8.32 Å². The number of allylic oxidation sites excluding steroid dienone is 1. The second kappa shape index (κ2) is 6.97. The Morgan fingerprint density at radius 2 is 1.94 bits per heavy atom. The summed E-state index contributed by atoms with van der Waals surface area (Å²) in [5, 5.41) is 1.33. The lowest BCUT2D eigenvalue weighted by molar-refractivity contribution is 0.274. The molecule has 0 aromatic heterocycles. The molecule has 0 aromatic rings. The van der Waals surface area contributed by atoms with Crippen molar-refractivity contribution in [3.8, 4) is 0 Å². The fraction of sp³-hybridized carbons (Fsp3) is 0.846. The van der Waals surface area contributed by atoms with E-state index in [0.29, 0.717) is 11.0 Å². The molecule has 0 radical (unpaired) electrons. The first-order valence-electron chi connectivity index (χ1n) is 6.07. The van der Waals surface area contributed by atoms with E-state index in [9.17, 15) is 0 Å². The van der Waals surface area contributed by atoms with Gasteiger partial charge in [-0.15, -0.1) is 6.58 Å². The van der Waals surface area contributed by atoms with Crippen molar-refractivity contribution in [3.05, 3.63) is 12.7 Å². The zero-order valence-electron chi connectivity index (χ0n) is 11.5. The Balaban J connectivity index is 3.86. The normalized spacial score (nSPS) is 14.9. The van der Waals surface area contributed by atoms with Crippen molar-refractivity contribution < 1.29 is 4.43 Å². The van der Waals surface area contributed by atoms with Crippen molar-refractivity contribution in [2.75, 3.05) is 11.9 Å². The monoisotopic (exact) mass is 306 g/mol. The SMILES string of the molecule is C=CC(CBr)CCCO[Si](C)(C)C(C)(C)C. The van der Waals surface area contributed by atoms with Gasteiger partial charge >= 0.3 is 0 Å². The third-order valence-corrected chi connectivity index (χ3v) is 8.89. The van der Waals surface area contributed by atoms with Gasteiger partial charge in [-0.05, 0) is 36.9 Å².